The molecule has 6 aromatic rings. The minimum absolute atomic E-state index is 0.0355. The number of amides is 1. The normalized spacial score (nSPS) is 14.6. The van der Waals surface area contributed by atoms with Crippen LogP contribution in [0.5, 0.6) is 11.5 Å². The number of aromatic nitrogens is 2. The number of anilines is 3. The van der Waals surface area contributed by atoms with E-state index in [-0.39, 0.29) is 11.3 Å². The molecule has 1 unspecified atom stereocenters. The molecule has 9 nitrogen and oxygen atoms in total. The number of H-pyrrole nitrogens is 1. The average molecular weight is 671 g/mol. The highest BCUT2D eigenvalue weighted by Crippen LogP contribution is 2.37. The van der Waals surface area contributed by atoms with Crippen molar-refractivity contribution in [3.8, 4) is 11.5 Å². The van der Waals surface area contributed by atoms with E-state index in [0.29, 0.717) is 33.7 Å². The molecule has 244 valence electrons. The van der Waals surface area contributed by atoms with Crippen molar-refractivity contribution in [2.45, 2.75) is 11.1 Å². The largest absolute Gasteiger partial charge is 0.593 e. The second-order valence-corrected chi connectivity index (χ2v) is 12.6. The maximum atomic E-state index is 13.3. The Hall–Kier alpha value is -5.08. The van der Waals surface area contributed by atoms with Crippen LogP contribution in [0, 0.1) is 0 Å². The zero-order valence-electron chi connectivity index (χ0n) is 25.3. The highest BCUT2D eigenvalue weighted by atomic mass is 32.2. The van der Waals surface area contributed by atoms with Gasteiger partial charge in [-0.05, 0) is 66.0 Å². The summed E-state index contributed by atoms with van der Waals surface area (Å²) in [5.74, 6) is 0.938. The predicted molar refractivity (Wildman–Crippen MR) is 180 cm³/mol. The Balaban J connectivity index is 1.14. The Morgan fingerprint density at radius 1 is 0.854 bits per heavy atom. The van der Waals surface area contributed by atoms with Crippen LogP contribution in [0.1, 0.15) is 15.9 Å². The van der Waals surface area contributed by atoms with Crippen LogP contribution in [-0.2, 0) is 17.5 Å². The van der Waals surface area contributed by atoms with Crippen molar-refractivity contribution in [1.82, 2.24) is 19.6 Å². The van der Waals surface area contributed by atoms with Crippen molar-refractivity contribution in [3.63, 3.8) is 0 Å². The van der Waals surface area contributed by atoms with E-state index in [2.05, 4.69) is 25.9 Å². The summed E-state index contributed by atoms with van der Waals surface area (Å²) in [6.45, 7) is 3.06. The van der Waals surface area contributed by atoms with Gasteiger partial charge >= 0.3 is 6.18 Å². The highest BCUT2D eigenvalue weighted by molar-refractivity contribution is 7.89. The maximum absolute atomic E-state index is 13.3. The number of nitrogens with one attached hydrogen (secondary N) is 4. The number of hydrogen-bond acceptors (Lipinski definition) is 7. The van der Waals surface area contributed by atoms with Gasteiger partial charge in [-0.2, -0.15) is 13.2 Å². The van der Waals surface area contributed by atoms with E-state index in [1.165, 1.54) is 12.1 Å². The van der Waals surface area contributed by atoms with Crippen LogP contribution in [0.15, 0.2) is 108 Å². The van der Waals surface area contributed by atoms with Crippen LogP contribution in [0.2, 0.25) is 0 Å². The van der Waals surface area contributed by atoms with Gasteiger partial charge in [-0.15, -0.1) is 4.31 Å². The van der Waals surface area contributed by atoms with E-state index in [1.807, 2.05) is 40.7 Å². The summed E-state index contributed by atoms with van der Waals surface area (Å²) in [6, 6.07) is 25.9. The van der Waals surface area contributed by atoms with Crippen molar-refractivity contribution in [2.24, 2.45) is 0 Å². The lowest BCUT2D eigenvalue weighted by Crippen LogP contribution is -2.46. The molecule has 2 aromatic heterocycles. The molecule has 1 aliphatic heterocycles. The predicted octanol–water partition coefficient (Wildman–Crippen LogP) is 7.45. The number of pyridine rings is 1. The summed E-state index contributed by atoms with van der Waals surface area (Å²) in [5, 5.41) is 11.1. The van der Waals surface area contributed by atoms with Gasteiger partial charge in [0.25, 0.3) is 5.91 Å². The number of halogens is 3. The number of ether oxygens (including phenoxy) is 1. The van der Waals surface area contributed by atoms with Crippen molar-refractivity contribution in [2.75, 3.05) is 36.8 Å². The molecule has 0 saturated carbocycles. The van der Waals surface area contributed by atoms with Gasteiger partial charge in [-0.3, -0.25) is 4.79 Å². The molecule has 1 aliphatic rings. The molecule has 4 N–H and O–H groups in total. The third kappa shape index (κ3) is 6.66. The Morgan fingerprint density at radius 3 is 2.40 bits per heavy atom. The van der Waals surface area contributed by atoms with Gasteiger partial charge in [0, 0.05) is 47.7 Å². The molecule has 13 heteroatoms. The number of fused-ring (bicyclic) bond motifs is 2. The molecular weight excluding hydrogens is 641 g/mol. The van der Waals surface area contributed by atoms with E-state index in [0.717, 1.165) is 54.3 Å². The van der Waals surface area contributed by atoms with Crippen LogP contribution in [0.4, 0.5) is 30.4 Å². The molecular formula is C35H29F3N6O3S. The van der Waals surface area contributed by atoms with Crippen LogP contribution in [-0.4, -0.2) is 50.9 Å². The molecule has 48 heavy (non-hydrogen) atoms. The number of carbonyl (C=O) groups excluding carboxylic acids is 1. The standard InChI is InChI=1S/C35H29F3N6O3S/c36-35(37,38)22-4-1-5-24(20-22)42-34(45)28-8-2-7-27-26(28)6-3-9-30(27)47-31-21-32(43-33-29(31)14-15-40-33)41-23-10-12-25(13-11-23)48(46)44-18-16-39-17-19-44/h1-15,20-21,39H,16-19H2,(H,42,45)(H2,40,41,43). The molecule has 0 aliphatic carbocycles. The first-order chi connectivity index (χ1) is 23.2. The van der Waals surface area contributed by atoms with Crippen LogP contribution in [0.3, 0.4) is 0 Å². The second-order valence-electron chi connectivity index (χ2n) is 11.1. The molecule has 4 aromatic carbocycles. The van der Waals surface area contributed by atoms with Gasteiger partial charge in [0.2, 0.25) is 0 Å². The summed E-state index contributed by atoms with van der Waals surface area (Å²) in [4.78, 5) is 21.8. The topological polar surface area (TPSA) is 117 Å². The number of nitrogens with zero attached hydrogens (tertiary/aromatic N) is 2. The summed E-state index contributed by atoms with van der Waals surface area (Å²) in [6.07, 6.45) is -2.77. The van der Waals surface area contributed by atoms with Gasteiger partial charge in [0.05, 0.1) is 35.4 Å². The molecule has 0 spiro atoms. The summed E-state index contributed by atoms with van der Waals surface area (Å²) in [5.41, 5.74) is 0.805. The van der Waals surface area contributed by atoms with E-state index in [4.69, 9.17) is 4.74 Å². The fraction of sp³-hybridized carbons (Fsp3) is 0.143. The summed E-state index contributed by atoms with van der Waals surface area (Å²) >= 11 is -1.24. The number of rotatable bonds is 8. The van der Waals surface area contributed by atoms with Crippen molar-refractivity contribution < 1.29 is 27.3 Å². The van der Waals surface area contributed by atoms with Crippen LogP contribution in [0.25, 0.3) is 21.8 Å². The fourth-order valence-electron chi connectivity index (χ4n) is 5.58. The number of hydrogen-bond donors (Lipinski definition) is 4. The van der Waals surface area contributed by atoms with Gasteiger partial charge in [0.1, 0.15) is 23.0 Å². The zero-order valence-corrected chi connectivity index (χ0v) is 26.1. The minimum Gasteiger partial charge on any atom is -0.593 e. The number of carbonyl (C=O) groups is 1. The average Bonchev–Trinajstić information content (AvgIpc) is 3.57. The lowest BCUT2D eigenvalue weighted by atomic mass is 10.0. The SMILES string of the molecule is O=C(Nc1cccc(C(F)(F)F)c1)c1cccc2c(Oc3cc(Nc4ccc([S+]([O-])N5CCNCC5)cc4)nc4[nH]ccc34)cccc12. The zero-order chi connectivity index (χ0) is 33.3. The first-order valence-electron chi connectivity index (χ1n) is 15.1. The van der Waals surface area contributed by atoms with Gasteiger partial charge in [-0.1, -0.05) is 30.3 Å². The number of alkyl halides is 3. The number of aromatic amines is 1. The van der Waals surface area contributed by atoms with Crippen LogP contribution >= 0.6 is 0 Å². The Kier molecular flexibility index (Phi) is 8.67. The third-order valence-electron chi connectivity index (χ3n) is 7.92. The maximum Gasteiger partial charge on any atom is 0.416 e. The summed E-state index contributed by atoms with van der Waals surface area (Å²) < 4.78 is 61.0. The molecule has 0 bridgehead atoms. The minimum atomic E-state index is -4.53. The van der Waals surface area contributed by atoms with E-state index < -0.39 is 29.0 Å². The van der Waals surface area contributed by atoms with Gasteiger partial charge in [0.15, 0.2) is 4.90 Å². The van der Waals surface area contributed by atoms with Crippen molar-refractivity contribution in [3.05, 3.63) is 114 Å². The monoisotopic (exact) mass is 670 g/mol. The lowest BCUT2D eigenvalue weighted by Gasteiger charge is -2.27. The fourth-order valence-corrected chi connectivity index (χ4v) is 6.76. The van der Waals surface area contributed by atoms with E-state index in [9.17, 15) is 22.5 Å². The molecule has 1 fully saturated rings. The van der Waals surface area contributed by atoms with E-state index >= 15 is 0 Å². The first kappa shape index (κ1) is 31.5. The lowest BCUT2D eigenvalue weighted by molar-refractivity contribution is -0.137. The van der Waals surface area contributed by atoms with Crippen molar-refractivity contribution >= 4 is 56.3 Å². The molecule has 1 saturated heterocycles. The molecule has 1 atom stereocenters. The third-order valence-corrected chi connectivity index (χ3v) is 9.43. The Bertz CT molecular complexity index is 2100. The highest BCUT2D eigenvalue weighted by Gasteiger charge is 2.30. The Morgan fingerprint density at radius 2 is 1.60 bits per heavy atom. The van der Waals surface area contributed by atoms with Gasteiger partial charge < -0.3 is 30.2 Å². The van der Waals surface area contributed by atoms with Crippen molar-refractivity contribution in [1.29, 1.82) is 0 Å². The molecule has 1 amide bonds. The Labute approximate surface area is 276 Å². The molecule has 3 heterocycles. The van der Waals surface area contributed by atoms with Crippen LogP contribution < -0.4 is 20.7 Å². The molecule has 7 rings (SSSR count). The smallest absolute Gasteiger partial charge is 0.416 e. The number of benzene rings is 4. The quantitative estimate of drug-likeness (QED) is 0.124. The second kappa shape index (κ2) is 13.2. The molecule has 0 radical (unpaired) electrons. The van der Waals surface area contributed by atoms with E-state index in [1.54, 1.807) is 42.6 Å². The summed E-state index contributed by atoms with van der Waals surface area (Å²) in [7, 11) is 0. The van der Waals surface area contributed by atoms with Gasteiger partial charge in [-0.25, -0.2) is 4.98 Å². The number of piperazine rings is 1. The first-order valence-corrected chi connectivity index (χ1v) is 16.2.